The molecule has 0 saturated carbocycles. The van der Waals surface area contributed by atoms with E-state index in [-0.39, 0.29) is 11.9 Å². The van der Waals surface area contributed by atoms with Crippen LogP contribution < -0.4 is 16.4 Å². The molecular weight excluding hydrogens is 372 g/mol. The number of rotatable bonds is 7. The predicted molar refractivity (Wildman–Crippen MR) is 114 cm³/mol. The largest absolute Gasteiger partial charge is 0.397 e. The topological polar surface area (TPSA) is 80.0 Å². The Labute approximate surface area is 169 Å². The maximum atomic E-state index is 12.7. The highest BCUT2D eigenvalue weighted by Gasteiger charge is 2.15. The van der Waals surface area contributed by atoms with Gasteiger partial charge >= 0.3 is 0 Å². The van der Waals surface area contributed by atoms with Crippen molar-refractivity contribution in [3.8, 4) is 0 Å². The summed E-state index contributed by atoms with van der Waals surface area (Å²) in [5.41, 5.74) is 9.86. The van der Waals surface area contributed by atoms with Crippen LogP contribution in [0.5, 0.6) is 0 Å². The van der Waals surface area contributed by atoms with E-state index < -0.39 is 0 Å². The molecular formula is C22H23ClN4O. The van der Waals surface area contributed by atoms with Crippen LogP contribution >= 0.6 is 11.6 Å². The number of halogens is 1. The van der Waals surface area contributed by atoms with Crippen molar-refractivity contribution in [2.45, 2.75) is 25.9 Å². The van der Waals surface area contributed by atoms with E-state index in [1.54, 1.807) is 24.4 Å². The molecule has 1 amide bonds. The Hall–Kier alpha value is -3.05. The van der Waals surface area contributed by atoms with Crippen LogP contribution in [-0.4, -0.2) is 10.9 Å². The first-order chi connectivity index (χ1) is 13.6. The van der Waals surface area contributed by atoms with Gasteiger partial charge in [-0.1, -0.05) is 48.9 Å². The number of carbonyl (C=O) groups is 1. The number of nitrogens with one attached hydrogen (secondary N) is 2. The third kappa shape index (κ3) is 5.02. The lowest BCUT2D eigenvalue weighted by Gasteiger charge is -2.18. The predicted octanol–water partition coefficient (Wildman–Crippen LogP) is 4.81. The summed E-state index contributed by atoms with van der Waals surface area (Å²) in [4.78, 5) is 16.9. The van der Waals surface area contributed by atoms with Gasteiger partial charge in [-0.25, -0.2) is 0 Å². The molecule has 5 nitrogen and oxygen atoms in total. The number of anilines is 2. The molecule has 3 aromatic rings. The van der Waals surface area contributed by atoms with Crippen molar-refractivity contribution in [3.63, 3.8) is 0 Å². The van der Waals surface area contributed by atoms with E-state index in [4.69, 9.17) is 17.3 Å². The molecule has 0 fully saturated rings. The van der Waals surface area contributed by atoms with Crippen molar-refractivity contribution in [1.82, 2.24) is 10.3 Å². The number of nitrogens with two attached hydrogens (primary N) is 1. The zero-order chi connectivity index (χ0) is 19.9. The third-order valence-electron chi connectivity index (χ3n) is 4.48. The minimum absolute atomic E-state index is 0.0382. The Morgan fingerprint density at radius 2 is 1.93 bits per heavy atom. The van der Waals surface area contributed by atoms with E-state index in [0.29, 0.717) is 22.8 Å². The summed E-state index contributed by atoms with van der Waals surface area (Å²) in [6, 6.07) is 18.8. The van der Waals surface area contributed by atoms with Gasteiger partial charge in [-0.05, 0) is 42.3 Å². The number of aromatic nitrogens is 1. The Balaban J connectivity index is 1.65. The molecule has 0 spiro atoms. The summed E-state index contributed by atoms with van der Waals surface area (Å²) in [5.74, 6) is -0.145. The molecule has 2 aromatic carbocycles. The summed E-state index contributed by atoms with van der Waals surface area (Å²) >= 11 is 5.85. The zero-order valence-electron chi connectivity index (χ0n) is 15.7. The number of carbonyl (C=O) groups excluding carboxylic acids is 1. The monoisotopic (exact) mass is 394 g/mol. The van der Waals surface area contributed by atoms with Crippen LogP contribution in [0.1, 0.15) is 41.0 Å². The molecule has 0 aliphatic rings. The Bertz CT molecular complexity index is 929. The number of hydrogen-bond donors (Lipinski definition) is 3. The van der Waals surface area contributed by atoms with E-state index in [2.05, 4.69) is 15.6 Å². The lowest BCUT2D eigenvalue weighted by molar-refractivity contribution is 0.0935. The Morgan fingerprint density at radius 1 is 1.14 bits per heavy atom. The fraction of sp³-hybridized carbons (Fsp3) is 0.182. The first kappa shape index (κ1) is 19.7. The van der Waals surface area contributed by atoms with Gasteiger partial charge in [-0.2, -0.15) is 0 Å². The lowest BCUT2D eigenvalue weighted by Crippen LogP contribution is -2.28. The quantitative estimate of drug-likeness (QED) is 0.502. The van der Waals surface area contributed by atoms with Crippen LogP contribution in [0.3, 0.4) is 0 Å². The van der Waals surface area contributed by atoms with E-state index in [1.807, 2.05) is 49.4 Å². The number of benzene rings is 2. The molecule has 1 heterocycles. The highest BCUT2D eigenvalue weighted by Crippen LogP contribution is 2.22. The molecule has 0 radical (unpaired) electrons. The number of hydrogen-bond acceptors (Lipinski definition) is 4. The van der Waals surface area contributed by atoms with Crippen LogP contribution in [0.2, 0.25) is 5.02 Å². The summed E-state index contributed by atoms with van der Waals surface area (Å²) in [6.45, 7) is 2.56. The van der Waals surface area contributed by atoms with Gasteiger partial charge < -0.3 is 16.4 Å². The summed E-state index contributed by atoms with van der Waals surface area (Å²) in [7, 11) is 0. The van der Waals surface area contributed by atoms with Crippen molar-refractivity contribution >= 4 is 28.9 Å². The molecule has 4 N–H and O–H groups in total. The van der Waals surface area contributed by atoms with Crippen LogP contribution in [-0.2, 0) is 6.54 Å². The average molecular weight is 395 g/mol. The first-order valence-electron chi connectivity index (χ1n) is 9.16. The smallest absolute Gasteiger partial charge is 0.251 e. The molecule has 0 aliphatic carbocycles. The second-order valence-corrected chi connectivity index (χ2v) is 6.90. The molecule has 0 unspecified atom stereocenters. The van der Waals surface area contributed by atoms with Crippen molar-refractivity contribution in [2.24, 2.45) is 0 Å². The van der Waals surface area contributed by atoms with Crippen molar-refractivity contribution in [2.75, 3.05) is 11.1 Å². The highest BCUT2D eigenvalue weighted by molar-refractivity contribution is 6.30. The van der Waals surface area contributed by atoms with E-state index in [1.165, 1.54) is 0 Å². The SMILES string of the molecule is CC[C@@H](NC(=O)c1ccc(NCc2ccc(Cl)cn2)c(N)c1)c1ccccc1. The third-order valence-corrected chi connectivity index (χ3v) is 4.70. The molecule has 1 aromatic heterocycles. The van der Waals surface area contributed by atoms with Gasteiger partial charge in [-0.15, -0.1) is 0 Å². The second-order valence-electron chi connectivity index (χ2n) is 6.47. The highest BCUT2D eigenvalue weighted by atomic mass is 35.5. The van der Waals surface area contributed by atoms with Crippen molar-refractivity contribution in [3.05, 3.63) is 88.7 Å². The fourth-order valence-electron chi connectivity index (χ4n) is 2.91. The van der Waals surface area contributed by atoms with Gasteiger partial charge in [0.2, 0.25) is 0 Å². The standard InChI is InChI=1S/C22H23ClN4O/c1-2-20(15-6-4-3-5-7-15)27-22(28)16-8-11-21(19(24)12-16)26-14-18-10-9-17(23)13-25-18/h3-13,20,26H,2,14,24H2,1H3,(H,27,28)/t20-/m1/s1. The Kier molecular flexibility index (Phi) is 6.50. The molecule has 6 heteroatoms. The van der Waals surface area contributed by atoms with Crippen molar-refractivity contribution in [1.29, 1.82) is 0 Å². The second kappa shape index (κ2) is 9.24. The fourth-order valence-corrected chi connectivity index (χ4v) is 3.02. The number of amides is 1. The first-order valence-corrected chi connectivity index (χ1v) is 9.54. The van der Waals surface area contributed by atoms with E-state index in [0.717, 1.165) is 23.4 Å². The van der Waals surface area contributed by atoms with Gasteiger partial charge in [0.1, 0.15) is 0 Å². The zero-order valence-corrected chi connectivity index (χ0v) is 16.4. The van der Waals surface area contributed by atoms with Gasteiger partial charge in [0.15, 0.2) is 0 Å². The van der Waals surface area contributed by atoms with Crippen LogP contribution in [0.4, 0.5) is 11.4 Å². The molecule has 3 rings (SSSR count). The maximum Gasteiger partial charge on any atom is 0.251 e. The van der Waals surface area contributed by atoms with E-state index >= 15 is 0 Å². The number of nitrogen functional groups attached to an aromatic ring is 1. The number of pyridine rings is 1. The van der Waals surface area contributed by atoms with Crippen LogP contribution in [0, 0.1) is 0 Å². The number of nitrogens with zero attached hydrogens (tertiary/aromatic N) is 1. The van der Waals surface area contributed by atoms with Crippen molar-refractivity contribution < 1.29 is 4.79 Å². The normalized spacial score (nSPS) is 11.6. The van der Waals surface area contributed by atoms with Gasteiger partial charge in [0.25, 0.3) is 5.91 Å². The lowest BCUT2D eigenvalue weighted by atomic mass is 10.0. The van der Waals surface area contributed by atoms with Gasteiger partial charge in [0.05, 0.1) is 34.7 Å². The van der Waals surface area contributed by atoms with Gasteiger partial charge in [-0.3, -0.25) is 9.78 Å². The summed E-state index contributed by atoms with van der Waals surface area (Å²) < 4.78 is 0. The van der Waals surface area contributed by atoms with E-state index in [9.17, 15) is 4.79 Å². The average Bonchev–Trinajstić information content (AvgIpc) is 2.72. The summed E-state index contributed by atoms with van der Waals surface area (Å²) in [5, 5.41) is 6.90. The minimum Gasteiger partial charge on any atom is -0.397 e. The molecule has 0 aliphatic heterocycles. The Morgan fingerprint density at radius 3 is 2.57 bits per heavy atom. The molecule has 144 valence electrons. The molecule has 28 heavy (non-hydrogen) atoms. The molecule has 1 atom stereocenters. The van der Waals surface area contributed by atoms with Crippen LogP contribution in [0.25, 0.3) is 0 Å². The van der Waals surface area contributed by atoms with Gasteiger partial charge in [0, 0.05) is 11.8 Å². The molecule has 0 saturated heterocycles. The maximum absolute atomic E-state index is 12.7. The van der Waals surface area contributed by atoms with Crippen LogP contribution in [0.15, 0.2) is 66.9 Å². The summed E-state index contributed by atoms with van der Waals surface area (Å²) in [6.07, 6.45) is 2.41. The molecule has 0 bridgehead atoms. The minimum atomic E-state index is -0.145.